The number of benzene rings is 2. The van der Waals surface area contributed by atoms with E-state index in [9.17, 15) is 9.59 Å². The highest BCUT2D eigenvalue weighted by molar-refractivity contribution is 5.99. The van der Waals surface area contributed by atoms with Gasteiger partial charge in [-0.05, 0) is 37.6 Å². The van der Waals surface area contributed by atoms with Gasteiger partial charge in [0.25, 0.3) is 0 Å². The van der Waals surface area contributed by atoms with Crippen molar-refractivity contribution in [2.45, 2.75) is 33.2 Å². The van der Waals surface area contributed by atoms with Crippen molar-refractivity contribution in [1.29, 1.82) is 0 Å². The second-order valence-electron chi connectivity index (χ2n) is 6.83. The third-order valence-corrected chi connectivity index (χ3v) is 4.61. The Kier molecular flexibility index (Phi) is 6.95. The van der Waals surface area contributed by atoms with Crippen LogP contribution < -0.4 is 20.1 Å². The molecule has 3 N–H and O–H groups in total. The van der Waals surface area contributed by atoms with E-state index < -0.39 is 6.04 Å². The summed E-state index contributed by atoms with van der Waals surface area (Å²) >= 11 is 0. The Morgan fingerprint density at radius 1 is 1.07 bits per heavy atom. The predicted octanol–water partition coefficient (Wildman–Crippen LogP) is 3.65. The molecule has 3 aromatic rings. The van der Waals surface area contributed by atoms with Crippen LogP contribution in [0.2, 0.25) is 0 Å². The molecule has 1 atom stereocenters. The molecule has 1 aromatic heterocycles. The summed E-state index contributed by atoms with van der Waals surface area (Å²) < 4.78 is 11.2. The molecule has 0 aliphatic heterocycles. The summed E-state index contributed by atoms with van der Waals surface area (Å²) in [7, 11) is 0. The van der Waals surface area contributed by atoms with Crippen LogP contribution in [0.25, 0.3) is 10.9 Å². The lowest BCUT2D eigenvalue weighted by Crippen LogP contribution is -2.44. The van der Waals surface area contributed by atoms with Gasteiger partial charge in [0.15, 0.2) is 0 Å². The Morgan fingerprint density at radius 3 is 2.57 bits per heavy atom. The monoisotopic (exact) mass is 409 g/mol. The molecule has 0 spiro atoms. The average Bonchev–Trinajstić information content (AvgIpc) is 3.12. The molecule has 7 heteroatoms. The van der Waals surface area contributed by atoms with Crippen molar-refractivity contribution in [3.63, 3.8) is 0 Å². The number of nitrogens with one attached hydrogen (secondary N) is 3. The summed E-state index contributed by atoms with van der Waals surface area (Å²) in [6.07, 6.45) is 2.22. The first-order chi connectivity index (χ1) is 14.5. The van der Waals surface area contributed by atoms with Gasteiger partial charge < -0.3 is 25.1 Å². The Hall–Kier alpha value is -3.48. The van der Waals surface area contributed by atoms with Crippen molar-refractivity contribution in [1.82, 2.24) is 10.3 Å². The Morgan fingerprint density at radius 2 is 1.83 bits per heavy atom. The minimum Gasteiger partial charge on any atom is -0.494 e. The van der Waals surface area contributed by atoms with Gasteiger partial charge in [0, 0.05) is 36.5 Å². The first-order valence-corrected chi connectivity index (χ1v) is 10.0. The van der Waals surface area contributed by atoms with Gasteiger partial charge >= 0.3 is 0 Å². The van der Waals surface area contributed by atoms with Crippen molar-refractivity contribution in [3.05, 3.63) is 54.2 Å². The molecule has 7 nitrogen and oxygen atoms in total. The standard InChI is InChI=1S/C23H27N3O4/c1-4-29-17-10-11-22(30-5-2)20(13-17)26-23(28)21(25-15(3)27)12-16-14-24-19-9-7-6-8-18(16)19/h6-11,13-14,21,24H,4-5,12H2,1-3H3,(H,25,27)(H,26,28). The van der Waals surface area contributed by atoms with Crippen LogP contribution in [0.3, 0.4) is 0 Å². The van der Waals surface area contributed by atoms with Gasteiger partial charge in [0.05, 0.1) is 18.9 Å². The van der Waals surface area contributed by atoms with Crippen LogP contribution in [0.5, 0.6) is 11.5 Å². The van der Waals surface area contributed by atoms with E-state index in [1.807, 2.05) is 44.3 Å². The summed E-state index contributed by atoms with van der Waals surface area (Å²) in [6, 6.07) is 12.4. The van der Waals surface area contributed by atoms with Gasteiger partial charge in [-0.15, -0.1) is 0 Å². The number of carbonyl (C=O) groups is 2. The number of hydrogen-bond acceptors (Lipinski definition) is 4. The largest absolute Gasteiger partial charge is 0.494 e. The molecule has 3 rings (SSSR count). The lowest BCUT2D eigenvalue weighted by molar-refractivity contribution is -0.125. The first kappa shape index (κ1) is 21.2. The van der Waals surface area contributed by atoms with E-state index in [2.05, 4.69) is 15.6 Å². The van der Waals surface area contributed by atoms with Crippen molar-refractivity contribution in [2.24, 2.45) is 0 Å². The number of hydrogen-bond donors (Lipinski definition) is 3. The van der Waals surface area contributed by atoms with E-state index in [1.165, 1.54) is 6.92 Å². The highest BCUT2D eigenvalue weighted by Gasteiger charge is 2.23. The molecule has 0 fully saturated rings. The zero-order valence-corrected chi connectivity index (χ0v) is 17.5. The van der Waals surface area contributed by atoms with Gasteiger partial charge in [-0.3, -0.25) is 9.59 Å². The number of amides is 2. The molecule has 1 heterocycles. The number of anilines is 1. The zero-order chi connectivity index (χ0) is 21.5. The maximum absolute atomic E-state index is 13.1. The molecule has 0 aliphatic carbocycles. The summed E-state index contributed by atoms with van der Waals surface area (Å²) in [5, 5.41) is 6.67. The van der Waals surface area contributed by atoms with E-state index in [1.54, 1.807) is 18.2 Å². The Labute approximate surface area is 175 Å². The Balaban J connectivity index is 1.85. The third kappa shape index (κ3) is 5.11. The summed E-state index contributed by atoms with van der Waals surface area (Å²) in [6.45, 7) is 6.14. The maximum Gasteiger partial charge on any atom is 0.247 e. The van der Waals surface area contributed by atoms with Gasteiger partial charge in [0.1, 0.15) is 17.5 Å². The number of rotatable bonds is 9. The van der Waals surface area contributed by atoms with Crippen molar-refractivity contribution in [3.8, 4) is 11.5 Å². The quantitative estimate of drug-likeness (QED) is 0.503. The van der Waals surface area contributed by atoms with Crippen LogP contribution in [-0.4, -0.2) is 36.1 Å². The molecule has 158 valence electrons. The fourth-order valence-electron chi connectivity index (χ4n) is 3.34. The highest BCUT2D eigenvalue weighted by atomic mass is 16.5. The molecule has 0 aliphatic rings. The molecular formula is C23H27N3O4. The SMILES string of the molecule is CCOc1ccc(OCC)c(NC(=O)C(Cc2c[nH]c3ccccc23)NC(C)=O)c1. The van der Waals surface area contributed by atoms with E-state index in [-0.39, 0.29) is 11.8 Å². The normalized spacial score (nSPS) is 11.7. The topological polar surface area (TPSA) is 92.4 Å². The number of fused-ring (bicyclic) bond motifs is 1. The van der Waals surface area contributed by atoms with Crippen LogP contribution in [-0.2, 0) is 16.0 Å². The number of para-hydroxylation sites is 1. The zero-order valence-electron chi connectivity index (χ0n) is 17.5. The Bertz CT molecular complexity index is 1030. The first-order valence-electron chi connectivity index (χ1n) is 10.0. The number of carbonyl (C=O) groups excluding carboxylic acids is 2. The maximum atomic E-state index is 13.1. The smallest absolute Gasteiger partial charge is 0.247 e. The summed E-state index contributed by atoms with van der Waals surface area (Å²) in [4.78, 5) is 28.1. The van der Waals surface area contributed by atoms with Crippen molar-refractivity contribution < 1.29 is 19.1 Å². The lowest BCUT2D eigenvalue weighted by Gasteiger charge is -2.19. The molecule has 30 heavy (non-hydrogen) atoms. The highest BCUT2D eigenvalue weighted by Crippen LogP contribution is 2.30. The molecule has 0 saturated heterocycles. The molecule has 2 aromatic carbocycles. The number of aromatic nitrogens is 1. The minimum absolute atomic E-state index is 0.275. The molecule has 0 bridgehead atoms. The second kappa shape index (κ2) is 9.82. The van der Waals surface area contributed by atoms with E-state index in [0.29, 0.717) is 36.8 Å². The number of H-pyrrole nitrogens is 1. The molecule has 2 amide bonds. The van der Waals surface area contributed by atoms with Gasteiger partial charge in [-0.25, -0.2) is 0 Å². The molecule has 0 saturated carbocycles. The van der Waals surface area contributed by atoms with Crippen LogP contribution in [0, 0.1) is 0 Å². The summed E-state index contributed by atoms with van der Waals surface area (Å²) in [5.74, 6) is 0.570. The van der Waals surface area contributed by atoms with Crippen molar-refractivity contribution >= 4 is 28.4 Å². The van der Waals surface area contributed by atoms with Crippen LogP contribution >= 0.6 is 0 Å². The van der Waals surface area contributed by atoms with E-state index >= 15 is 0 Å². The van der Waals surface area contributed by atoms with Gasteiger partial charge in [-0.1, -0.05) is 18.2 Å². The van der Waals surface area contributed by atoms with Crippen LogP contribution in [0.1, 0.15) is 26.3 Å². The fourth-order valence-corrected chi connectivity index (χ4v) is 3.34. The molecule has 1 unspecified atom stereocenters. The van der Waals surface area contributed by atoms with E-state index in [4.69, 9.17) is 9.47 Å². The summed E-state index contributed by atoms with van der Waals surface area (Å²) in [5.41, 5.74) is 2.44. The van der Waals surface area contributed by atoms with Crippen LogP contribution in [0.4, 0.5) is 5.69 Å². The predicted molar refractivity (Wildman–Crippen MR) is 117 cm³/mol. The molecule has 0 radical (unpaired) electrons. The molecular weight excluding hydrogens is 382 g/mol. The third-order valence-electron chi connectivity index (χ3n) is 4.61. The number of ether oxygens (including phenoxy) is 2. The van der Waals surface area contributed by atoms with Gasteiger partial charge in [-0.2, -0.15) is 0 Å². The number of aromatic amines is 1. The van der Waals surface area contributed by atoms with Crippen LogP contribution in [0.15, 0.2) is 48.7 Å². The average molecular weight is 409 g/mol. The fraction of sp³-hybridized carbons (Fsp3) is 0.304. The van der Waals surface area contributed by atoms with Crippen molar-refractivity contribution in [2.75, 3.05) is 18.5 Å². The van der Waals surface area contributed by atoms with Gasteiger partial charge in [0.2, 0.25) is 11.8 Å². The second-order valence-corrected chi connectivity index (χ2v) is 6.83. The van der Waals surface area contributed by atoms with E-state index in [0.717, 1.165) is 16.5 Å². The minimum atomic E-state index is -0.744. The lowest BCUT2D eigenvalue weighted by atomic mass is 10.0.